The molecule has 0 aliphatic carbocycles. The van der Waals surface area contributed by atoms with E-state index < -0.39 is 36.0 Å². The van der Waals surface area contributed by atoms with Gasteiger partial charge in [-0.25, -0.2) is 24.0 Å². The largest absolute Gasteiger partial charge is 0.459 e. The third-order valence-electron chi connectivity index (χ3n) is 5.22. The first-order chi connectivity index (χ1) is 18.6. The molecule has 0 saturated carbocycles. The van der Waals surface area contributed by atoms with Crippen LogP contribution in [0.25, 0.3) is 0 Å². The third kappa shape index (κ3) is 10.7. The maximum absolute atomic E-state index is 12.9. The fraction of sp³-hybridized carbons (Fsp3) is 0.444. The molecule has 0 amide bonds. The second-order valence-electron chi connectivity index (χ2n) is 8.65. The Labute approximate surface area is 226 Å². The predicted octanol–water partition coefficient (Wildman–Crippen LogP) is 1.35. The van der Waals surface area contributed by atoms with Gasteiger partial charge >= 0.3 is 29.8 Å². The fourth-order valence-electron chi connectivity index (χ4n) is 3.20. The molecule has 1 aromatic rings. The van der Waals surface area contributed by atoms with Crippen molar-refractivity contribution >= 4 is 29.8 Å². The summed E-state index contributed by atoms with van der Waals surface area (Å²) < 4.78 is 25.6. The lowest BCUT2D eigenvalue weighted by Gasteiger charge is -2.22. The van der Waals surface area contributed by atoms with E-state index in [-0.39, 0.29) is 54.3 Å². The van der Waals surface area contributed by atoms with Crippen LogP contribution in [0.4, 0.5) is 0 Å². The van der Waals surface area contributed by atoms with Crippen molar-refractivity contribution in [2.24, 2.45) is 0 Å². The fourth-order valence-corrected chi connectivity index (χ4v) is 3.20. The summed E-state index contributed by atoms with van der Waals surface area (Å²) in [6, 6.07) is 3.74. The van der Waals surface area contributed by atoms with Crippen LogP contribution in [-0.2, 0) is 33.3 Å². The van der Waals surface area contributed by atoms with Gasteiger partial charge in [-0.15, -0.1) is 0 Å². The van der Waals surface area contributed by atoms with Gasteiger partial charge in [-0.1, -0.05) is 13.2 Å². The zero-order chi connectivity index (χ0) is 28.8. The summed E-state index contributed by atoms with van der Waals surface area (Å²) in [7, 11) is 0. The van der Waals surface area contributed by atoms with Crippen LogP contribution in [-0.4, -0.2) is 88.6 Å². The minimum absolute atomic E-state index is 0.0182. The lowest BCUT2D eigenvalue weighted by atomic mass is 10.0. The van der Waals surface area contributed by atoms with Crippen molar-refractivity contribution in [2.45, 2.75) is 26.4 Å². The molecule has 0 aromatic heterocycles. The van der Waals surface area contributed by atoms with Gasteiger partial charge in [-0.2, -0.15) is 0 Å². The molecule has 12 nitrogen and oxygen atoms in total. The van der Waals surface area contributed by atoms with Gasteiger partial charge in [-0.3, -0.25) is 0 Å². The molecule has 1 fully saturated rings. The van der Waals surface area contributed by atoms with E-state index >= 15 is 0 Å². The molecular formula is C27H34N2O10. The summed E-state index contributed by atoms with van der Waals surface area (Å²) in [6.07, 6.45) is 0.509. The van der Waals surface area contributed by atoms with Crippen LogP contribution in [0.5, 0.6) is 0 Å². The first kappa shape index (κ1) is 31.2. The number of rotatable bonds is 12. The highest BCUT2D eigenvalue weighted by molar-refractivity contribution is 6.05. The third-order valence-corrected chi connectivity index (χ3v) is 5.22. The summed E-state index contributed by atoms with van der Waals surface area (Å²) in [4.78, 5) is 61.4. The lowest BCUT2D eigenvalue weighted by molar-refractivity contribution is -0.140. The molecule has 0 spiro atoms. The molecule has 2 N–H and O–H groups in total. The molecule has 1 aromatic carbocycles. The SMILES string of the molecule is C=C(C)C(=O)OCCOC(=O)c1ccc(C(=O)OC2CNCCCNC2)cc1C(=O)OCCOC(=O)C(=C)C. The number of carbonyl (C=O) groups excluding carboxylic acids is 5. The highest BCUT2D eigenvalue weighted by atomic mass is 16.6. The molecule has 212 valence electrons. The van der Waals surface area contributed by atoms with Crippen LogP contribution in [0.15, 0.2) is 42.5 Å². The van der Waals surface area contributed by atoms with Gasteiger partial charge in [-0.05, 0) is 51.6 Å². The summed E-state index contributed by atoms with van der Waals surface area (Å²) >= 11 is 0. The van der Waals surface area contributed by atoms with E-state index in [0.717, 1.165) is 19.5 Å². The number of hydrogen-bond donors (Lipinski definition) is 2. The van der Waals surface area contributed by atoms with Gasteiger partial charge in [0.25, 0.3) is 0 Å². The molecule has 0 unspecified atom stereocenters. The maximum Gasteiger partial charge on any atom is 0.339 e. The van der Waals surface area contributed by atoms with Crippen LogP contribution in [0.2, 0.25) is 0 Å². The van der Waals surface area contributed by atoms with E-state index in [4.69, 9.17) is 23.7 Å². The molecule has 39 heavy (non-hydrogen) atoms. The van der Waals surface area contributed by atoms with Crippen LogP contribution in [0, 0.1) is 0 Å². The highest BCUT2D eigenvalue weighted by Crippen LogP contribution is 2.17. The van der Waals surface area contributed by atoms with Gasteiger partial charge < -0.3 is 34.3 Å². The van der Waals surface area contributed by atoms with E-state index in [9.17, 15) is 24.0 Å². The monoisotopic (exact) mass is 546 g/mol. The van der Waals surface area contributed by atoms with Crippen molar-refractivity contribution in [3.8, 4) is 0 Å². The van der Waals surface area contributed by atoms with E-state index in [1.807, 2.05) is 0 Å². The zero-order valence-electron chi connectivity index (χ0n) is 22.2. The van der Waals surface area contributed by atoms with Gasteiger partial charge in [0.05, 0.1) is 16.7 Å². The Morgan fingerprint density at radius 2 is 1.23 bits per heavy atom. The van der Waals surface area contributed by atoms with Crippen molar-refractivity contribution in [1.29, 1.82) is 0 Å². The smallest absolute Gasteiger partial charge is 0.339 e. The molecule has 1 heterocycles. The molecule has 1 aliphatic rings. The molecule has 0 bridgehead atoms. The Morgan fingerprint density at radius 1 is 0.744 bits per heavy atom. The number of benzene rings is 1. The number of nitrogens with one attached hydrogen (secondary N) is 2. The van der Waals surface area contributed by atoms with E-state index in [1.165, 1.54) is 32.0 Å². The average Bonchev–Trinajstić information content (AvgIpc) is 2.89. The lowest BCUT2D eigenvalue weighted by Crippen LogP contribution is -2.42. The van der Waals surface area contributed by atoms with Crippen LogP contribution >= 0.6 is 0 Å². The van der Waals surface area contributed by atoms with E-state index in [0.29, 0.717) is 13.1 Å². The summed E-state index contributed by atoms with van der Waals surface area (Å²) in [5.74, 6) is -3.84. The van der Waals surface area contributed by atoms with Gasteiger partial charge in [0.2, 0.25) is 0 Å². The Balaban J connectivity index is 2.13. The Kier molecular flexibility index (Phi) is 12.8. The normalized spacial score (nSPS) is 13.7. The highest BCUT2D eigenvalue weighted by Gasteiger charge is 2.24. The second-order valence-corrected chi connectivity index (χ2v) is 8.65. The molecule has 0 radical (unpaired) electrons. The Bertz CT molecular complexity index is 1090. The van der Waals surface area contributed by atoms with Gasteiger partial charge in [0.1, 0.15) is 32.5 Å². The standard InChI is InChI=1S/C27H34N2O10/c1-17(2)23(30)35-10-12-37-26(33)21-7-6-19(25(32)39-20-15-28-8-5-9-29-16-20)14-22(21)27(34)38-13-11-36-24(31)18(3)4/h6-7,14,20,28-29H,1,3,5,8-13,15-16H2,2,4H3. The van der Waals surface area contributed by atoms with Crippen LogP contribution in [0.1, 0.15) is 51.3 Å². The summed E-state index contributed by atoms with van der Waals surface area (Å²) in [5, 5.41) is 6.40. The Morgan fingerprint density at radius 3 is 1.74 bits per heavy atom. The van der Waals surface area contributed by atoms with E-state index in [1.54, 1.807) is 0 Å². The number of hydrogen-bond acceptors (Lipinski definition) is 12. The zero-order valence-corrected chi connectivity index (χ0v) is 22.2. The summed E-state index contributed by atoms with van der Waals surface area (Å²) in [5.41, 5.74) is -0.0518. The second kappa shape index (κ2) is 16.0. The minimum Gasteiger partial charge on any atom is -0.459 e. The van der Waals surface area contributed by atoms with Crippen molar-refractivity contribution in [1.82, 2.24) is 10.6 Å². The minimum atomic E-state index is -0.953. The first-order valence-corrected chi connectivity index (χ1v) is 12.4. The molecular weight excluding hydrogens is 512 g/mol. The number of ether oxygens (including phenoxy) is 5. The van der Waals surface area contributed by atoms with Crippen LogP contribution in [0.3, 0.4) is 0 Å². The molecule has 0 atom stereocenters. The molecule has 1 aliphatic heterocycles. The van der Waals surface area contributed by atoms with Crippen molar-refractivity contribution in [2.75, 3.05) is 52.6 Å². The first-order valence-electron chi connectivity index (χ1n) is 12.4. The van der Waals surface area contributed by atoms with Crippen LogP contribution < -0.4 is 10.6 Å². The van der Waals surface area contributed by atoms with Gasteiger partial charge in [0, 0.05) is 24.2 Å². The Hall–Kier alpha value is -4.03. The molecule has 2 rings (SSSR count). The predicted molar refractivity (Wildman–Crippen MR) is 138 cm³/mol. The van der Waals surface area contributed by atoms with Gasteiger partial charge in [0.15, 0.2) is 0 Å². The molecule has 1 saturated heterocycles. The number of carbonyl (C=O) groups is 5. The summed E-state index contributed by atoms with van der Waals surface area (Å²) in [6.45, 7) is 11.3. The average molecular weight is 547 g/mol. The maximum atomic E-state index is 12.9. The molecule has 12 heteroatoms. The quantitative estimate of drug-likeness (QED) is 0.168. The van der Waals surface area contributed by atoms with Crippen molar-refractivity contribution in [3.63, 3.8) is 0 Å². The topological polar surface area (TPSA) is 156 Å². The van der Waals surface area contributed by atoms with Crippen molar-refractivity contribution < 1.29 is 47.7 Å². The van der Waals surface area contributed by atoms with E-state index in [2.05, 4.69) is 23.8 Å². The number of esters is 5. The van der Waals surface area contributed by atoms with Crippen molar-refractivity contribution in [3.05, 3.63) is 59.2 Å².